The van der Waals surface area contributed by atoms with Crippen LogP contribution in [0.5, 0.6) is 0 Å². The number of ether oxygens (including phenoxy) is 1. The Bertz CT molecular complexity index is 1070. The molecule has 3 fully saturated rings. The molecule has 2 aromatic rings. The van der Waals surface area contributed by atoms with Crippen molar-refractivity contribution in [1.82, 2.24) is 0 Å². The summed E-state index contributed by atoms with van der Waals surface area (Å²) in [5, 5.41) is 10.9. The van der Waals surface area contributed by atoms with Gasteiger partial charge in [0.1, 0.15) is 5.92 Å². The highest BCUT2D eigenvalue weighted by Gasteiger charge is 2.66. The van der Waals surface area contributed by atoms with E-state index >= 15 is 0 Å². The van der Waals surface area contributed by atoms with E-state index in [0.29, 0.717) is 6.42 Å². The number of hydrogen-bond donors (Lipinski definition) is 0. The van der Waals surface area contributed by atoms with E-state index < -0.39 is 16.8 Å². The first-order valence-corrected chi connectivity index (χ1v) is 10.3. The van der Waals surface area contributed by atoms with Gasteiger partial charge in [-0.15, -0.1) is 0 Å². The number of Topliss-reactive ketones (excluding diaryl/α,β-unsaturated/α-hetero) is 2. The maximum atomic E-state index is 13.5. The zero-order valence-electron chi connectivity index (χ0n) is 17.1. The lowest BCUT2D eigenvalue weighted by Gasteiger charge is -2.26. The van der Waals surface area contributed by atoms with Crippen molar-refractivity contribution in [2.24, 2.45) is 11.8 Å². The van der Waals surface area contributed by atoms with Crippen molar-refractivity contribution in [3.05, 3.63) is 74.3 Å². The molecule has 1 saturated carbocycles. The SMILES string of the molecule is Cc1cc(C)c(C2C(=O)[C@@H]3[C@@H]4O[C@@H](C[C@H]4c4ccc([N+](=O)[O-])cc4)[C@@H]3C2=O)c(C)c1. The van der Waals surface area contributed by atoms with Gasteiger partial charge in [0.2, 0.25) is 0 Å². The number of nitrogens with zero attached hydrogens (tertiary/aromatic N) is 1. The molecule has 5 rings (SSSR count). The molecule has 2 saturated heterocycles. The topological polar surface area (TPSA) is 86.5 Å². The van der Waals surface area contributed by atoms with Crippen LogP contribution in [-0.4, -0.2) is 28.7 Å². The molecule has 6 nitrogen and oxygen atoms in total. The summed E-state index contributed by atoms with van der Waals surface area (Å²) < 4.78 is 6.11. The van der Waals surface area contributed by atoms with E-state index in [1.807, 2.05) is 32.9 Å². The van der Waals surface area contributed by atoms with Gasteiger partial charge in [-0.2, -0.15) is 0 Å². The summed E-state index contributed by atoms with van der Waals surface area (Å²) >= 11 is 0. The summed E-state index contributed by atoms with van der Waals surface area (Å²) in [6, 6.07) is 10.5. The van der Waals surface area contributed by atoms with Gasteiger partial charge in [0.25, 0.3) is 5.69 Å². The Hall–Kier alpha value is -2.86. The van der Waals surface area contributed by atoms with E-state index in [-0.39, 0.29) is 41.3 Å². The maximum Gasteiger partial charge on any atom is 0.269 e. The van der Waals surface area contributed by atoms with E-state index in [1.165, 1.54) is 12.1 Å². The molecule has 0 N–H and O–H groups in total. The summed E-state index contributed by atoms with van der Waals surface area (Å²) in [6.07, 6.45) is 0.0722. The summed E-state index contributed by atoms with van der Waals surface area (Å²) in [4.78, 5) is 37.4. The van der Waals surface area contributed by atoms with E-state index in [4.69, 9.17) is 4.74 Å². The van der Waals surface area contributed by atoms with Crippen LogP contribution < -0.4 is 0 Å². The van der Waals surface area contributed by atoms with Crippen molar-refractivity contribution in [3.8, 4) is 0 Å². The van der Waals surface area contributed by atoms with Crippen LogP contribution in [0.3, 0.4) is 0 Å². The Balaban J connectivity index is 1.48. The number of fused-ring (bicyclic) bond motifs is 5. The molecular formula is C24H23NO5. The number of carbonyl (C=O) groups is 2. The lowest BCUT2D eigenvalue weighted by atomic mass is 9.73. The number of benzene rings is 2. The highest BCUT2D eigenvalue weighted by Crippen LogP contribution is 2.57. The quantitative estimate of drug-likeness (QED) is 0.439. The third-order valence-electron chi connectivity index (χ3n) is 7.14. The highest BCUT2D eigenvalue weighted by molar-refractivity contribution is 6.17. The number of non-ortho nitro benzene ring substituents is 1. The van der Waals surface area contributed by atoms with Crippen LogP contribution >= 0.6 is 0 Å². The Labute approximate surface area is 174 Å². The average Bonchev–Trinajstić information content (AvgIpc) is 3.34. The molecular weight excluding hydrogens is 382 g/mol. The number of hydrogen-bond acceptors (Lipinski definition) is 5. The van der Waals surface area contributed by atoms with Crippen molar-refractivity contribution in [2.45, 2.75) is 51.2 Å². The van der Waals surface area contributed by atoms with Gasteiger partial charge < -0.3 is 4.74 Å². The molecule has 6 atom stereocenters. The van der Waals surface area contributed by atoms with E-state index in [0.717, 1.165) is 27.8 Å². The minimum absolute atomic E-state index is 0.00491. The fraction of sp³-hybridized carbons (Fsp3) is 0.417. The number of nitro benzene ring substituents is 1. The molecule has 6 heteroatoms. The first-order chi connectivity index (χ1) is 14.3. The molecule has 2 heterocycles. The average molecular weight is 405 g/mol. The minimum atomic E-state index is -0.704. The fourth-order valence-electron chi connectivity index (χ4n) is 6.06. The maximum absolute atomic E-state index is 13.5. The van der Waals surface area contributed by atoms with Gasteiger partial charge in [0, 0.05) is 18.1 Å². The highest BCUT2D eigenvalue weighted by atomic mass is 16.6. The number of ketones is 2. The van der Waals surface area contributed by atoms with Crippen LogP contribution in [0.4, 0.5) is 5.69 Å². The van der Waals surface area contributed by atoms with Crippen LogP contribution in [0, 0.1) is 42.7 Å². The zero-order valence-corrected chi connectivity index (χ0v) is 17.1. The van der Waals surface area contributed by atoms with Crippen molar-refractivity contribution < 1.29 is 19.2 Å². The van der Waals surface area contributed by atoms with E-state index in [9.17, 15) is 19.7 Å². The third-order valence-corrected chi connectivity index (χ3v) is 7.14. The monoisotopic (exact) mass is 405 g/mol. The van der Waals surface area contributed by atoms with Crippen LogP contribution in [0.2, 0.25) is 0 Å². The second kappa shape index (κ2) is 6.57. The molecule has 0 spiro atoms. The lowest BCUT2D eigenvalue weighted by Crippen LogP contribution is -2.34. The Morgan fingerprint density at radius 2 is 1.57 bits per heavy atom. The number of rotatable bonds is 3. The second-order valence-electron chi connectivity index (χ2n) is 8.93. The number of aryl methyl sites for hydroxylation is 3. The normalized spacial score (nSPS) is 32.0. The Kier molecular flexibility index (Phi) is 4.19. The molecule has 2 aliphatic heterocycles. The molecule has 1 unspecified atom stereocenters. The third kappa shape index (κ3) is 2.59. The Morgan fingerprint density at radius 3 is 2.17 bits per heavy atom. The van der Waals surface area contributed by atoms with Gasteiger partial charge in [0.05, 0.1) is 29.0 Å². The smallest absolute Gasteiger partial charge is 0.269 e. The molecule has 2 bridgehead atoms. The molecule has 3 aliphatic rings. The summed E-state index contributed by atoms with van der Waals surface area (Å²) in [6.45, 7) is 5.95. The van der Waals surface area contributed by atoms with Gasteiger partial charge >= 0.3 is 0 Å². The summed E-state index contributed by atoms with van der Waals surface area (Å²) in [5.41, 5.74) is 4.92. The van der Waals surface area contributed by atoms with Gasteiger partial charge in [-0.05, 0) is 49.4 Å². The van der Waals surface area contributed by atoms with E-state index in [1.54, 1.807) is 12.1 Å². The largest absolute Gasteiger partial charge is 0.373 e. The van der Waals surface area contributed by atoms with Crippen molar-refractivity contribution in [3.63, 3.8) is 0 Å². The van der Waals surface area contributed by atoms with Crippen molar-refractivity contribution in [1.29, 1.82) is 0 Å². The first-order valence-electron chi connectivity index (χ1n) is 10.3. The summed E-state index contributed by atoms with van der Waals surface area (Å²) in [5.74, 6) is -1.56. The van der Waals surface area contributed by atoms with Crippen LogP contribution in [-0.2, 0) is 14.3 Å². The molecule has 1 aliphatic carbocycles. The number of carbonyl (C=O) groups excluding carboxylic acids is 2. The van der Waals surface area contributed by atoms with Crippen LogP contribution in [0.25, 0.3) is 0 Å². The van der Waals surface area contributed by atoms with Crippen molar-refractivity contribution >= 4 is 17.3 Å². The molecule has 154 valence electrons. The minimum Gasteiger partial charge on any atom is -0.373 e. The van der Waals surface area contributed by atoms with Gasteiger partial charge in [0.15, 0.2) is 11.6 Å². The van der Waals surface area contributed by atoms with Crippen molar-refractivity contribution in [2.75, 3.05) is 0 Å². The summed E-state index contributed by atoms with van der Waals surface area (Å²) in [7, 11) is 0. The number of nitro groups is 1. The molecule has 0 aromatic heterocycles. The predicted molar refractivity (Wildman–Crippen MR) is 110 cm³/mol. The second-order valence-corrected chi connectivity index (χ2v) is 8.93. The van der Waals surface area contributed by atoms with Crippen LogP contribution in [0.1, 0.15) is 46.1 Å². The molecule has 2 aromatic carbocycles. The van der Waals surface area contributed by atoms with E-state index in [2.05, 4.69) is 0 Å². The fourth-order valence-corrected chi connectivity index (χ4v) is 6.06. The lowest BCUT2D eigenvalue weighted by molar-refractivity contribution is -0.384. The predicted octanol–water partition coefficient (Wildman–Crippen LogP) is 3.94. The first kappa shape index (κ1) is 19.1. The van der Waals surface area contributed by atoms with Gasteiger partial charge in [-0.25, -0.2) is 0 Å². The Morgan fingerprint density at radius 1 is 0.967 bits per heavy atom. The molecule has 30 heavy (non-hydrogen) atoms. The van der Waals surface area contributed by atoms with Gasteiger partial charge in [-0.1, -0.05) is 29.8 Å². The van der Waals surface area contributed by atoms with Gasteiger partial charge in [-0.3, -0.25) is 19.7 Å². The molecule has 0 amide bonds. The van der Waals surface area contributed by atoms with Crippen LogP contribution in [0.15, 0.2) is 36.4 Å². The zero-order chi connectivity index (χ0) is 21.3. The standard InChI is InChI=1S/C24H23NO5/c1-11-8-12(2)18(13(3)9-11)20-22(26)19-17-10-16(24(30-17)21(19)23(20)27)14-4-6-15(7-5-14)25(28)29/h4-9,16-17,19-21,24H,10H2,1-3H3/t16-,17-,19-,20?,21+,24+/m0/s1. The molecule has 0 radical (unpaired) electrons.